The van der Waals surface area contributed by atoms with Crippen molar-refractivity contribution < 1.29 is 35.3 Å². The fourth-order valence-electron chi connectivity index (χ4n) is 2.51. The summed E-state index contributed by atoms with van der Waals surface area (Å²) >= 11 is 6.10. The van der Waals surface area contributed by atoms with Crippen LogP contribution in [-0.4, -0.2) is 12.5 Å². The summed E-state index contributed by atoms with van der Waals surface area (Å²) in [7, 11) is 0. The Balaban J connectivity index is 0.00000312. The Hall–Kier alpha value is -1.23. The molecule has 0 aromatic heterocycles. The molecule has 6 heteroatoms. The van der Waals surface area contributed by atoms with E-state index < -0.39 is 11.6 Å². The molecular weight excluding hydrogens is 380 g/mol. The van der Waals surface area contributed by atoms with Crippen LogP contribution in [0, 0.1) is 11.6 Å². The molecule has 2 nitrogen and oxygen atoms in total. The van der Waals surface area contributed by atoms with Crippen LogP contribution in [0.4, 0.5) is 14.5 Å². The molecule has 0 N–H and O–H groups in total. The van der Waals surface area contributed by atoms with Gasteiger partial charge in [-0.2, -0.15) is 0 Å². The second-order valence-electron chi connectivity index (χ2n) is 5.59. The number of nitrogens with zero attached hydrogens (tertiary/aromatic N) is 1. The van der Waals surface area contributed by atoms with Crippen molar-refractivity contribution in [1.29, 1.82) is 0 Å². The first-order chi connectivity index (χ1) is 11.5. The van der Waals surface area contributed by atoms with Crippen molar-refractivity contribution in [2.45, 2.75) is 32.6 Å². The number of unbranched alkanes of at least 4 members (excludes halogenated alkanes) is 3. The number of hydrogen-bond acceptors (Lipinski definition) is 1. The molecule has 0 fully saturated rings. The first-order valence-corrected chi connectivity index (χ1v) is 8.43. The van der Waals surface area contributed by atoms with Gasteiger partial charge in [0.2, 0.25) is 0 Å². The first-order valence-electron chi connectivity index (χ1n) is 8.06. The molecule has 25 heavy (non-hydrogen) atoms. The van der Waals surface area contributed by atoms with Crippen molar-refractivity contribution in [3.05, 3.63) is 64.7 Å². The summed E-state index contributed by atoms with van der Waals surface area (Å²) in [5, 5.41) is 0.309. The summed E-state index contributed by atoms with van der Waals surface area (Å²) in [6.07, 6.45) is 3.77. The summed E-state index contributed by atoms with van der Waals surface area (Å²) in [6.45, 7) is 2.44. The largest absolute Gasteiger partial charge is 0.305 e. The van der Waals surface area contributed by atoms with E-state index in [0.29, 0.717) is 17.1 Å². The van der Waals surface area contributed by atoms with Crippen LogP contribution in [0.1, 0.15) is 43.0 Å². The second kappa shape index (κ2) is 10.7. The predicted molar refractivity (Wildman–Crippen MR) is 93.6 cm³/mol. The van der Waals surface area contributed by atoms with E-state index in [1.165, 1.54) is 11.0 Å². The Morgan fingerprint density at radius 1 is 1.08 bits per heavy atom. The predicted octanol–water partition coefficient (Wildman–Crippen LogP) is 5.84. The average molecular weight is 400 g/mol. The minimum atomic E-state index is -0.758. The van der Waals surface area contributed by atoms with Gasteiger partial charge in [0.1, 0.15) is 11.6 Å². The zero-order chi connectivity index (χ0) is 17.5. The quantitative estimate of drug-likeness (QED) is 0.423. The van der Waals surface area contributed by atoms with E-state index in [1.807, 2.05) is 0 Å². The van der Waals surface area contributed by atoms with Gasteiger partial charge in [0.15, 0.2) is 0 Å². The number of hydrogen-bond donors (Lipinski definition) is 0. The molecule has 132 valence electrons. The normalized spacial score (nSPS) is 10.2. The molecule has 0 unspecified atom stereocenters. The smallest absolute Gasteiger partial charge is 0.259 e. The van der Waals surface area contributed by atoms with Crippen molar-refractivity contribution in [3.8, 4) is 0 Å². The molecule has 1 amide bonds. The van der Waals surface area contributed by atoms with Crippen LogP contribution in [0.15, 0.2) is 42.5 Å². The summed E-state index contributed by atoms with van der Waals surface area (Å²) in [5.41, 5.74) is 0.371. The molecule has 0 atom stereocenters. The number of carbonyl (C=O) groups excluding carboxylic acids is 1. The summed E-state index contributed by atoms with van der Waals surface area (Å²) in [4.78, 5) is 14.2. The first kappa shape index (κ1) is 21.8. The van der Waals surface area contributed by atoms with E-state index in [9.17, 15) is 13.6 Å². The third-order valence-electron chi connectivity index (χ3n) is 3.79. The average Bonchev–Trinajstić information content (AvgIpc) is 2.56. The monoisotopic (exact) mass is 399 g/mol. The van der Waals surface area contributed by atoms with Crippen molar-refractivity contribution in [1.82, 2.24) is 0 Å². The fraction of sp³-hybridized carbons (Fsp3) is 0.316. The van der Waals surface area contributed by atoms with Crippen LogP contribution in [0.3, 0.4) is 0 Å². The van der Waals surface area contributed by atoms with E-state index in [1.54, 1.807) is 24.3 Å². The number of benzene rings is 2. The molecule has 0 heterocycles. The van der Waals surface area contributed by atoms with Crippen LogP contribution in [0.2, 0.25) is 5.02 Å². The van der Waals surface area contributed by atoms with E-state index in [-0.39, 0.29) is 33.3 Å². The van der Waals surface area contributed by atoms with Crippen molar-refractivity contribution in [3.63, 3.8) is 0 Å². The Labute approximate surface area is 167 Å². The summed E-state index contributed by atoms with van der Waals surface area (Å²) in [5.74, 6) is -1.82. The van der Waals surface area contributed by atoms with Gasteiger partial charge in [-0.05, 0) is 30.7 Å². The molecule has 0 saturated carbocycles. The molecule has 0 aliphatic heterocycles. The second-order valence-corrected chi connectivity index (χ2v) is 6.00. The van der Waals surface area contributed by atoms with Crippen LogP contribution in [0.5, 0.6) is 0 Å². The zero-order valence-electron chi connectivity index (χ0n) is 14.1. The van der Waals surface area contributed by atoms with Gasteiger partial charge in [-0.1, -0.05) is 49.9 Å². The van der Waals surface area contributed by atoms with Crippen molar-refractivity contribution in [2.75, 3.05) is 11.4 Å². The van der Waals surface area contributed by atoms with Gasteiger partial charge in [0.25, 0.3) is 5.91 Å². The Morgan fingerprint density at radius 2 is 1.80 bits per heavy atom. The maximum atomic E-state index is 14.2. The van der Waals surface area contributed by atoms with E-state index in [2.05, 4.69) is 6.92 Å². The van der Waals surface area contributed by atoms with Crippen LogP contribution in [-0.2, 0) is 21.7 Å². The third kappa shape index (κ3) is 5.91. The van der Waals surface area contributed by atoms with Gasteiger partial charge in [-0.25, -0.2) is 8.78 Å². The number of amides is 1. The van der Waals surface area contributed by atoms with Crippen LogP contribution >= 0.6 is 11.6 Å². The zero-order valence-corrected chi connectivity index (χ0v) is 16.4. The van der Waals surface area contributed by atoms with Gasteiger partial charge < -0.3 is 4.90 Å². The maximum Gasteiger partial charge on any atom is 0.259 e. The van der Waals surface area contributed by atoms with Crippen LogP contribution in [0.25, 0.3) is 0 Å². The molecular formula is C19H20ClF2NOTi. The van der Waals surface area contributed by atoms with Crippen LogP contribution < -0.4 is 4.90 Å². The maximum absolute atomic E-state index is 14.2. The molecule has 2 aromatic rings. The topological polar surface area (TPSA) is 20.3 Å². The standard InChI is InChI=1S/C19H20ClF2NO.Ti/c1-2-3-4-7-12-23(18-11-10-14(21)13-17(18)22)19(24)15-8-5-6-9-16(15)20;/h5-6,8-11,13H,2-4,7,12H2,1H3;. The molecule has 0 aliphatic carbocycles. The van der Waals surface area contributed by atoms with Gasteiger partial charge >= 0.3 is 0 Å². The molecule has 0 saturated heterocycles. The fourth-order valence-corrected chi connectivity index (χ4v) is 2.72. The minimum absolute atomic E-state index is 0. The Kier molecular flexibility index (Phi) is 9.33. The van der Waals surface area contributed by atoms with E-state index in [4.69, 9.17) is 11.6 Å². The number of carbonyl (C=O) groups is 1. The number of rotatable bonds is 7. The number of anilines is 1. The molecule has 0 bridgehead atoms. The number of halogens is 3. The third-order valence-corrected chi connectivity index (χ3v) is 4.11. The SMILES string of the molecule is CCCCCCN(C(=O)c1ccccc1Cl)c1ccc(F)cc1F.[Ti]. The van der Waals surface area contributed by atoms with E-state index >= 15 is 0 Å². The van der Waals surface area contributed by atoms with Crippen molar-refractivity contribution in [2.24, 2.45) is 0 Å². The van der Waals surface area contributed by atoms with Gasteiger partial charge in [-0.15, -0.1) is 0 Å². The summed E-state index contributed by atoms with van der Waals surface area (Å²) in [6, 6.07) is 9.87. The Morgan fingerprint density at radius 3 is 2.44 bits per heavy atom. The molecule has 0 aliphatic rings. The minimum Gasteiger partial charge on any atom is -0.305 e. The molecule has 0 spiro atoms. The van der Waals surface area contributed by atoms with Gasteiger partial charge in [0, 0.05) is 34.3 Å². The van der Waals surface area contributed by atoms with E-state index in [0.717, 1.165) is 37.8 Å². The van der Waals surface area contributed by atoms with Crippen molar-refractivity contribution >= 4 is 23.2 Å². The molecule has 0 radical (unpaired) electrons. The molecule has 2 rings (SSSR count). The molecule has 2 aromatic carbocycles. The Bertz CT molecular complexity index is 712. The van der Waals surface area contributed by atoms with Gasteiger partial charge in [-0.3, -0.25) is 4.79 Å². The summed E-state index contributed by atoms with van der Waals surface area (Å²) < 4.78 is 27.4. The van der Waals surface area contributed by atoms with Gasteiger partial charge in [0.05, 0.1) is 16.3 Å².